The van der Waals surface area contributed by atoms with Gasteiger partial charge in [-0.05, 0) is 47.5 Å². The second kappa shape index (κ2) is 6.71. The van der Waals surface area contributed by atoms with Gasteiger partial charge in [-0.25, -0.2) is 0 Å². The van der Waals surface area contributed by atoms with Crippen molar-refractivity contribution < 1.29 is 19.4 Å². The monoisotopic (exact) mass is 313 g/mol. The first-order chi connectivity index (χ1) is 11.2. The third-order valence-corrected chi connectivity index (χ3v) is 3.91. The van der Waals surface area contributed by atoms with Crippen molar-refractivity contribution in [2.45, 2.75) is 12.5 Å². The zero-order valence-corrected chi connectivity index (χ0v) is 12.9. The molecule has 0 aliphatic carbocycles. The summed E-state index contributed by atoms with van der Waals surface area (Å²) in [6.45, 7) is 0.841. The van der Waals surface area contributed by atoms with Gasteiger partial charge in [0.2, 0.25) is 0 Å². The lowest BCUT2D eigenvalue weighted by Gasteiger charge is -2.13. The number of carbonyl (C=O) groups is 1. The van der Waals surface area contributed by atoms with Gasteiger partial charge in [0.15, 0.2) is 0 Å². The van der Waals surface area contributed by atoms with E-state index in [0.29, 0.717) is 17.9 Å². The number of fused-ring (bicyclic) bond motifs is 1. The van der Waals surface area contributed by atoms with E-state index in [1.807, 2.05) is 18.2 Å². The minimum atomic E-state index is -0.747. The number of hydrogen-bond donors (Lipinski definition) is 2. The molecule has 0 saturated carbocycles. The Balaban J connectivity index is 1.59. The molecule has 1 unspecified atom stereocenters. The molecule has 0 aromatic heterocycles. The van der Waals surface area contributed by atoms with Gasteiger partial charge in [-0.2, -0.15) is 0 Å². The van der Waals surface area contributed by atoms with Crippen LogP contribution in [0.2, 0.25) is 0 Å². The van der Waals surface area contributed by atoms with E-state index in [1.165, 1.54) is 0 Å². The van der Waals surface area contributed by atoms with E-state index < -0.39 is 6.10 Å². The summed E-state index contributed by atoms with van der Waals surface area (Å²) in [5.41, 5.74) is 2.41. The molecule has 5 nitrogen and oxygen atoms in total. The van der Waals surface area contributed by atoms with Crippen LogP contribution in [0.1, 0.15) is 27.6 Å². The fourth-order valence-corrected chi connectivity index (χ4v) is 2.57. The molecule has 0 spiro atoms. The Morgan fingerprint density at radius 2 is 2.09 bits per heavy atom. The van der Waals surface area contributed by atoms with Crippen molar-refractivity contribution in [3.63, 3.8) is 0 Å². The van der Waals surface area contributed by atoms with Gasteiger partial charge in [0.25, 0.3) is 5.91 Å². The Morgan fingerprint density at radius 3 is 2.83 bits per heavy atom. The van der Waals surface area contributed by atoms with Gasteiger partial charge in [-0.1, -0.05) is 6.07 Å². The van der Waals surface area contributed by atoms with E-state index in [2.05, 4.69) is 5.32 Å². The number of rotatable bonds is 5. The molecule has 120 valence electrons. The van der Waals surface area contributed by atoms with Crippen LogP contribution in [0.4, 0.5) is 0 Å². The van der Waals surface area contributed by atoms with E-state index in [1.54, 1.807) is 31.4 Å². The Bertz CT molecular complexity index is 697. The predicted octanol–water partition coefficient (Wildman–Crippen LogP) is 2.09. The zero-order valence-electron chi connectivity index (χ0n) is 12.9. The maximum atomic E-state index is 12.1. The van der Waals surface area contributed by atoms with Crippen molar-refractivity contribution in [2.75, 3.05) is 20.3 Å². The molecule has 0 fully saturated rings. The molecule has 0 bridgehead atoms. The highest BCUT2D eigenvalue weighted by atomic mass is 16.5. The van der Waals surface area contributed by atoms with Crippen molar-refractivity contribution >= 4 is 5.91 Å². The minimum Gasteiger partial charge on any atom is -0.497 e. The van der Waals surface area contributed by atoms with E-state index >= 15 is 0 Å². The number of aliphatic hydroxyl groups excluding tert-OH is 1. The standard InChI is InChI=1S/C18H19NO4/c1-22-15-5-2-12(3-6-15)18(21)19-11-16(20)13-4-7-17-14(10-13)8-9-23-17/h2-7,10,16,20H,8-9,11H2,1H3,(H,19,21). The largest absolute Gasteiger partial charge is 0.497 e. The predicted molar refractivity (Wildman–Crippen MR) is 85.9 cm³/mol. The van der Waals surface area contributed by atoms with Crippen LogP contribution in [0, 0.1) is 0 Å². The van der Waals surface area contributed by atoms with Crippen LogP contribution in [0.25, 0.3) is 0 Å². The van der Waals surface area contributed by atoms with E-state index in [4.69, 9.17) is 9.47 Å². The molecule has 1 amide bonds. The number of hydrogen-bond acceptors (Lipinski definition) is 4. The molecule has 0 saturated heterocycles. The van der Waals surface area contributed by atoms with Gasteiger partial charge in [0, 0.05) is 18.5 Å². The second-order valence-corrected chi connectivity index (χ2v) is 5.42. The topological polar surface area (TPSA) is 67.8 Å². The molecule has 5 heteroatoms. The normalized spacial score (nSPS) is 13.8. The van der Waals surface area contributed by atoms with Gasteiger partial charge in [0.1, 0.15) is 11.5 Å². The molecular formula is C18H19NO4. The average Bonchev–Trinajstić information content (AvgIpc) is 3.07. The third kappa shape index (κ3) is 3.46. The Morgan fingerprint density at radius 1 is 1.30 bits per heavy atom. The molecule has 0 radical (unpaired) electrons. The first-order valence-corrected chi connectivity index (χ1v) is 7.53. The molecule has 1 aliphatic rings. The summed E-state index contributed by atoms with van der Waals surface area (Å²) in [7, 11) is 1.58. The Kier molecular flexibility index (Phi) is 4.48. The fraction of sp³-hybridized carbons (Fsp3) is 0.278. The van der Waals surface area contributed by atoms with Crippen LogP contribution in [0.3, 0.4) is 0 Å². The van der Waals surface area contributed by atoms with Gasteiger partial charge >= 0.3 is 0 Å². The van der Waals surface area contributed by atoms with Crippen LogP contribution >= 0.6 is 0 Å². The van der Waals surface area contributed by atoms with Crippen LogP contribution < -0.4 is 14.8 Å². The molecule has 2 aromatic carbocycles. The first-order valence-electron chi connectivity index (χ1n) is 7.53. The minimum absolute atomic E-state index is 0.157. The summed E-state index contributed by atoms with van der Waals surface area (Å²) in [6, 6.07) is 12.5. The number of methoxy groups -OCH3 is 1. The van der Waals surface area contributed by atoms with E-state index in [9.17, 15) is 9.90 Å². The van der Waals surface area contributed by atoms with E-state index in [0.717, 1.165) is 23.3 Å². The van der Waals surface area contributed by atoms with Crippen LogP contribution in [-0.2, 0) is 6.42 Å². The third-order valence-electron chi connectivity index (χ3n) is 3.91. The van der Waals surface area contributed by atoms with Crippen LogP contribution in [0.5, 0.6) is 11.5 Å². The lowest BCUT2D eigenvalue weighted by molar-refractivity contribution is 0.0916. The van der Waals surface area contributed by atoms with Crippen LogP contribution in [0.15, 0.2) is 42.5 Å². The molecule has 2 N–H and O–H groups in total. The summed E-state index contributed by atoms with van der Waals surface area (Å²) in [5, 5.41) is 13.0. The summed E-state index contributed by atoms with van der Waals surface area (Å²) in [6.07, 6.45) is 0.108. The number of aliphatic hydroxyl groups is 1. The highest BCUT2D eigenvalue weighted by Crippen LogP contribution is 2.28. The maximum Gasteiger partial charge on any atom is 0.251 e. The van der Waals surface area contributed by atoms with Gasteiger partial charge in [-0.15, -0.1) is 0 Å². The van der Waals surface area contributed by atoms with Crippen molar-refractivity contribution in [1.82, 2.24) is 5.32 Å². The van der Waals surface area contributed by atoms with Crippen LogP contribution in [-0.4, -0.2) is 31.3 Å². The summed E-state index contributed by atoms with van der Waals surface area (Å²) in [5.74, 6) is 1.35. The number of amides is 1. The highest BCUT2D eigenvalue weighted by molar-refractivity contribution is 5.94. The average molecular weight is 313 g/mol. The lowest BCUT2D eigenvalue weighted by atomic mass is 10.0. The van der Waals surface area contributed by atoms with Crippen molar-refractivity contribution in [3.05, 3.63) is 59.2 Å². The first kappa shape index (κ1) is 15.4. The quantitative estimate of drug-likeness (QED) is 0.887. The van der Waals surface area contributed by atoms with Crippen molar-refractivity contribution in [1.29, 1.82) is 0 Å². The molecular weight excluding hydrogens is 294 g/mol. The SMILES string of the molecule is COc1ccc(C(=O)NCC(O)c2ccc3c(c2)CCO3)cc1. The Hall–Kier alpha value is -2.53. The highest BCUT2D eigenvalue weighted by Gasteiger charge is 2.16. The molecule has 2 aromatic rings. The molecule has 1 heterocycles. The van der Waals surface area contributed by atoms with Crippen molar-refractivity contribution in [3.8, 4) is 11.5 Å². The number of carbonyl (C=O) groups excluding carboxylic acids is 1. The smallest absolute Gasteiger partial charge is 0.251 e. The number of ether oxygens (including phenoxy) is 2. The van der Waals surface area contributed by atoms with Gasteiger partial charge in [-0.3, -0.25) is 4.79 Å². The molecule has 1 atom stereocenters. The molecule has 1 aliphatic heterocycles. The summed E-state index contributed by atoms with van der Waals surface area (Å²) < 4.78 is 10.5. The maximum absolute atomic E-state index is 12.1. The number of benzene rings is 2. The van der Waals surface area contributed by atoms with Crippen molar-refractivity contribution in [2.24, 2.45) is 0 Å². The molecule has 3 rings (SSSR count). The fourth-order valence-electron chi connectivity index (χ4n) is 2.57. The summed E-state index contributed by atoms with van der Waals surface area (Å²) in [4.78, 5) is 12.1. The molecule has 23 heavy (non-hydrogen) atoms. The van der Waals surface area contributed by atoms with Gasteiger partial charge < -0.3 is 19.9 Å². The van der Waals surface area contributed by atoms with Gasteiger partial charge in [0.05, 0.1) is 19.8 Å². The van der Waals surface area contributed by atoms with E-state index in [-0.39, 0.29) is 12.5 Å². The Labute approximate surface area is 134 Å². The summed E-state index contributed by atoms with van der Waals surface area (Å²) >= 11 is 0. The number of nitrogens with one attached hydrogen (secondary N) is 1. The lowest BCUT2D eigenvalue weighted by Crippen LogP contribution is -2.28. The second-order valence-electron chi connectivity index (χ2n) is 5.42. The zero-order chi connectivity index (χ0) is 16.2.